The number of hydrogen-bond donors (Lipinski definition) is 2. The standard InChI is InChI=1S/C16H17N3O2/c20-16(21)14-7-8-17-11-15(14)18-12-3-5-13(6-4-12)19-9-1-2-10-19/h3-8,11,18H,1-2,9-10H2,(H,20,21). The number of pyridine rings is 1. The van der Waals surface area contributed by atoms with Crippen molar-refractivity contribution in [3.05, 3.63) is 48.3 Å². The van der Waals surface area contributed by atoms with Crippen LogP contribution in [0.3, 0.4) is 0 Å². The van der Waals surface area contributed by atoms with Crippen molar-refractivity contribution < 1.29 is 9.90 Å². The summed E-state index contributed by atoms with van der Waals surface area (Å²) >= 11 is 0. The van der Waals surface area contributed by atoms with E-state index in [0.29, 0.717) is 5.69 Å². The Morgan fingerprint density at radius 2 is 1.86 bits per heavy atom. The van der Waals surface area contributed by atoms with Crippen molar-refractivity contribution in [2.24, 2.45) is 0 Å². The molecule has 21 heavy (non-hydrogen) atoms. The third-order valence-electron chi connectivity index (χ3n) is 3.67. The summed E-state index contributed by atoms with van der Waals surface area (Å²) in [5.74, 6) is -0.964. The number of aromatic nitrogens is 1. The van der Waals surface area contributed by atoms with Crippen molar-refractivity contribution in [2.45, 2.75) is 12.8 Å². The summed E-state index contributed by atoms with van der Waals surface area (Å²) in [6, 6.07) is 9.54. The molecule has 1 fully saturated rings. The normalized spacial score (nSPS) is 14.2. The first-order valence-electron chi connectivity index (χ1n) is 7.03. The molecule has 2 aromatic rings. The second kappa shape index (κ2) is 5.83. The van der Waals surface area contributed by atoms with Gasteiger partial charge in [0.2, 0.25) is 0 Å². The molecular formula is C16H17N3O2. The summed E-state index contributed by atoms with van der Waals surface area (Å²) in [4.78, 5) is 17.5. The number of rotatable bonds is 4. The molecule has 0 unspecified atom stereocenters. The van der Waals surface area contributed by atoms with E-state index in [1.165, 1.54) is 37.0 Å². The highest BCUT2D eigenvalue weighted by molar-refractivity contribution is 5.94. The number of carboxylic acid groups (broad SMARTS) is 1. The number of nitrogens with one attached hydrogen (secondary N) is 1. The van der Waals surface area contributed by atoms with Crippen LogP contribution in [0.5, 0.6) is 0 Å². The van der Waals surface area contributed by atoms with Crippen LogP contribution in [0.4, 0.5) is 17.1 Å². The predicted molar refractivity (Wildman–Crippen MR) is 82.4 cm³/mol. The Kier molecular flexibility index (Phi) is 3.73. The maximum Gasteiger partial charge on any atom is 0.337 e. The van der Waals surface area contributed by atoms with Gasteiger partial charge in [0, 0.05) is 30.7 Å². The summed E-state index contributed by atoms with van der Waals surface area (Å²) in [6.45, 7) is 2.22. The van der Waals surface area contributed by atoms with Gasteiger partial charge in [0.1, 0.15) is 0 Å². The molecule has 0 spiro atoms. The highest BCUT2D eigenvalue weighted by atomic mass is 16.4. The Labute approximate surface area is 123 Å². The van der Waals surface area contributed by atoms with Crippen molar-refractivity contribution in [3.63, 3.8) is 0 Å². The number of aromatic carboxylic acids is 1. The van der Waals surface area contributed by atoms with Gasteiger partial charge in [-0.15, -0.1) is 0 Å². The van der Waals surface area contributed by atoms with Crippen LogP contribution in [0.2, 0.25) is 0 Å². The van der Waals surface area contributed by atoms with Gasteiger partial charge < -0.3 is 15.3 Å². The van der Waals surface area contributed by atoms with Crippen LogP contribution in [0.15, 0.2) is 42.7 Å². The average Bonchev–Trinajstić information content (AvgIpc) is 3.03. The SMILES string of the molecule is O=C(O)c1ccncc1Nc1ccc(N2CCCC2)cc1. The first-order chi connectivity index (χ1) is 10.2. The van der Waals surface area contributed by atoms with E-state index in [9.17, 15) is 4.79 Å². The third kappa shape index (κ3) is 2.97. The van der Waals surface area contributed by atoms with E-state index in [4.69, 9.17) is 5.11 Å². The predicted octanol–water partition coefficient (Wildman–Crippen LogP) is 3.12. The molecule has 1 aliphatic heterocycles. The summed E-state index contributed by atoms with van der Waals surface area (Å²) in [7, 11) is 0. The van der Waals surface area contributed by atoms with Crippen LogP contribution in [-0.2, 0) is 0 Å². The number of benzene rings is 1. The van der Waals surface area contributed by atoms with Crippen molar-refractivity contribution in [2.75, 3.05) is 23.3 Å². The van der Waals surface area contributed by atoms with Gasteiger partial charge in [0.25, 0.3) is 0 Å². The van der Waals surface area contributed by atoms with Gasteiger partial charge in [-0.1, -0.05) is 0 Å². The van der Waals surface area contributed by atoms with Crippen molar-refractivity contribution >= 4 is 23.0 Å². The molecule has 1 aromatic carbocycles. The fourth-order valence-corrected chi connectivity index (χ4v) is 2.57. The maximum atomic E-state index is 11.2. The number of anilines is 3. The second-order valence-electron chi connectivity index (χ2n) is 5.09. The minimum Gasteiger partial charge on any atom is -0.478 e. The van der Waals surface area contributed by atoms with E-state index in [2.05, 4.69) is 27.3 Å². The van der Waals surface area contributed by atoms with Gasteiger partial charge in [0.05, 0.1) is 17.4 Å². The van der Waals surface area contributed by atoms with Gasteiger partial charge in [-0.3, -0.25) is 4.98 Å². The molecule has 0 saturated carbocycles. The van der Waals surface area contributed by atoms with Gasteiger partial charge in [-0.25, -0.2) is 4.79 Å². The zero-order chi connectivity index (χ0) is 14.7. The van der Waals surface area contributed by atoms with E-state index in [0.717, 1.165) is 18.8 Å². The molecule has 2 N–H and O–H groups in total. The molecular weight excluding hydrogens is 266 g/mol. The topological polar surface area (TPSA) is 65.5 Å². The molecule has 1 saturated heterocycles. The monoisotopic (exact) mass is 283 g/mol. The molecule has 0 amide bonds. The van der Waals surface area contributed by atoms with Crippen molar-refractivity contribution in [3.8, 4) is 0 Å². The average molecular weight is 283 g/mol. The number of carbonyl (C=O) groups is 1. The van der Waals surface area contributed by atoms with Crippen LogP contribution < -0.4 is 10.2 Å². The van der Waals surface area contributed by atoms with E-state index in [-0.39, 0.29) is 5.56 Å². The highest BCUT2D eigenvalue weighted by Gasteiger charge is 2.13. The molecule has 1 aliphatic rings. The summed E-state index contributed by atoms with van der Waals surface area (Å²) in [6.07, 6.45) is 5.50. The first kappa shape index (κ1) is 13.4. The minimum atomic E-state index is -0.964. The lowest BCUT2D eigenvalue weighted by molar-refractivity contribution is 0.0698. The van der Waals surface area contributed by atoms with Crippen molar-refractivity contribution in [1.29, 1.82) is 0 Å². The molecule has 3 rings (SSSR count). The molecule has 0 bridgehead atoms. The van der Waals surface area contributed by atoms with E-state index in [1.807, 2.05) is 12.1 Å². The Bertz CT molecular complexity index is 634. The molecule has 5 heteroatoms. The van der Waals surface area contributed by atoms with Crippen LogP contribution in [0, 0.1) is 0 Å². The highest BCUT2D eigenvalue weighted by Crippen LogP contribution is 2.25. The maximum absolute atomic E-state index is 11.2. The molecule has 5 nitrogen and oxygen atoms in total. The number of carboxylic acids is 1. The molecule has 1 aromatic heterocycles. The van der Waals surface area contributed by atoms with Crippen molar-refractivity contribution in [1.82, 2.24) is 4.98 Å². The van der Waals surface area contributed by atoms with Crippen LogP contribution in [-0.4, -0.2) is 29.1 Å². The lowest BCUT2D eigenvalue weighted by Gasteiger charge is -2.18. The van der Waals surface area contributed by atoms with Crippen LogP contribution in [0.1, 0.15) is 23.2 Å². The zero-order valence-electron chi connectivity index (χ0n) is 11.6. The summed E-state index contributed by atoms with van der Waals surface area (Å²) in [5, 5.41) is 12.3. The molecule has 0 atom stereocenters. The van der Waals surface area contributed by atoms with Crippen LogP contribution in [0.25, 0.3) is 0 Å². The van der Waals surface area contributed by atoms with Gasteiger partial charge in [-0.05, 0) is 43.2 Å². The Hall–Kier alpha value is -2.56. The van der Waals surface area contributed by atoms with E-state index >= 15 is 0 Å². The largest absolute Gasteiger partial charge is 0.478 e. The summed E-state index contributed by atoms with van der Waals surface area (Å²) < 4.78 is 0. The van der Waals surface area contributed by atoms with E-state index < -0.39 is 5.97 Å². The lowest BCUT2D eigenvalue weighted by Crippen LogP contribution is -2.17. The molecule has 2 heterocycles. The number of hydrogen-bond acceptors (Lipinski definition) is 4. The van der Waals surface area contributed by atoms with Gasteiger partial charge in [-0.2, -0.15) is 0 Å². The Morgan fingerprint density at radius 1 is 1.14 bits per heavy atom. The molecule has 0 aliphatic carbocycles. The van der Waals surface area contributed by atoms with Gasteiger partial charge >= 0.3 is 5.97 Å². The van der Waals surface area contributed by atoms with Gasteiger partial charge in [0.15, 0.2) is 0 Å². The zero-order valence-corrected chi connectivity index (χ0v) is 11.6. The van der Waals surface area contributed by atoms with E-state index in [1.54, 1.807) is 0 Å². The lowest BCUT2D eigenvalue weighted by atomic mass is 10.2. The minimum absolute atomic E-state index is 0.216. The first-order valence-corrected chi connectivity index (χ1v) is 7.03. The Balaban J connectivity index is 1.77. The smallest absolute Gasteiger partial charge is 0.337 e. The van der Waals surface area contributed by atoms with Crippen LogP contribution >= 0.6 is 0 Å². The Morgan fingerprint density at radius 3 is 2.52 bits per heavy atom. The number of nitrogens with zero attached hydrogens (tertiary/aromatic N) is 2. The molecule has 0 radical (unpaired) electrons. The fourth-order valence-electron chi connectivity index (χ4n) is 2.57. The second-order valence-corrected chi connectivity index (χ2v) is 5.09. The fraction of sp³-hybridized carbons (Fsp3) is 0.250. The molecule has 108 valence electrons. The summed E-state index contributed by atoms with van der Waals surface area (Å²) in [5.41, 5.74) is 2.78. The third-order valence-corrected chi connectivity index (χ3v) is 3.67. The quantitative estimate of drug-likeness (QED) is 0.902.